The fraction of sp³-hybridized carbons (Fsp3) is 0.0526. The number of fused-ring (bicyclic) bond motifs is 10. The van der Waals surface area contributed by atoms with Crippen molar-refractivity contribution in [1.29, 1.82) is 0 Å². The number of hydrogen-bond donors (Lipinski definition) is 1. The second-order valence-corrected chi connectivity index (χ2v) is 15.9. The molecule has 10 aromatic rings. The van der Waals surface area contributed by atoms with Crippen molar-refractivity contribution in [2.24, 2.45) is 15.7 Å². The summed E-state index contributed by atoms with van der Waals surface area (Å²) in [5.74, 6) is 1.85. The average Bonchev–Trinajstić information content (AvgIpc) is 4.00. The Kier molecular flexibility index (Phi) is 9.59. The maximum atomic E-state index is 6.94. The first kappa shape index (κ1) is 37.8. The Bertz CT molecular complexity index is 3530. The third kappa shape index (κ3) is 6.98. The molecule has 3 heterocycles. The minimum atomic E-state index is 0.270. The van der Waals surface area contributed by atoms with E-state index in [4.69, 9.17) is 24.6 Å². The molecule has 7 aromatic carbocycles. The van der Waals surface area contributed by atoms with Gasteiger partial charge in [0, 0.05) is 56.3 Å². The van der Waals surface area contributed by atoms with E-state index < -0.39 is 0 Å². The van der Waals surface area contributed by atoms with E-state index in [-0.39, 0.29) is 5.84 Å². The van der Waals surface area contributed by atoms with E-state index in [0.717, 1.165) is 107 Å². The number of rotatable bonds is 9. The number of allylic oxidation sites excluding steroid dienone is 3. The van der Waals surface area contributed by atoms with E-state index >= 15 is 0 Å². The van der Waals surface area contributed by atoms with Gasteiger partial charge in [-0.3, -0.25) is 4.99 Å². The van der Waals surface area contributed by atoms with Gasteiger partial charge in [-0.25, -0.2) is 4.99 Å². The van der Waals surface area contributed by atoms with Gasteiger partial charge in [0.25, 0.3) is 0 Å². The second-order valence-electron chi connectivity index (χ2n) is 15.9. The quantitative estimate of drug-likeness (QED) is 0.0895. The van der Waals surface area contributed by atoms with Crippen LogP contribution in [0.25, 0.3) is 78.1 Å². The Hall–Kier alpha value is -8.22. The number of amidine groups is 2. The zero-order valence-corrected chi connectivity index (χ0v) is 34.5. The van der Waals surface area contributed by atoms with Crippen LogP contribution in [0.4, 0.5) is 0 Å². The zero-order chi connectivity index (χ0) is 42.3. The topological polar surface area (TPSA) is 82.0 Å². The van der Waals surface area contributed by atoms with Crippen molar-refractivity contribution < 1.29 is 8.83 Å². The first-order valence-corrected chi connectivity index (χ1v) is 21.3. The number of aliphatic imine (C=N–C) groups is 2. The molecular weight excluding hydrogens is 773 g/mol. The number of benzene rings is 7. The van der Waals surface area contributed by atoms with Crippen molar-refractivity contribution in [2.75, 3.05) is 0 Å². The molecule has 0 bridgehead atoms. The lowest BCUT2D eigenvalue weighted by Gasteiger charge is -2.18. The van der Waals surface area contributed by atoms with Gasteiger partial charge in [0.15, 0.2) is 5.84 Å². The SMILES string of the molecule is C=C(/C=C(\C(=C\c1ccccc1)n1c2ccccc2c2c3oc4cc5oc6c(c5cc4c3ccc21)C=CCC6)c1ccccc1)C(N)=NC(=NCc1ccccc1)c1ccccc1. The van der Waals surface area contributed by atoms with E-state index in [1.807, 2.05) is 66.7 Å². The van der Waals surface area contributed by atoms with Gasteiger partial charge in [-0.15, -0.1) is 0 Å². The number of aryl methyl sites for hydroxylation is 1. The fourth-order valence-electron chi connectivity index (χ4n) is 8.84. The lowest BCUT2D eigenvalue weighted by atomic mass is 9.97. The highest BCUT2D eigenvalue weighted by Gasteiger charge is 2.24. The molecule has 6 nitrogen and oxygen atoms in total. The molecule has 3 aromatic heterocycles. The number of nitrogens with two attached hydrogens (primary N) is 1. The Balaban J connectivity index is 1.12. The predicted molar refractivity (Wildman–Crippen MR) is 263 cm³/mol. The highest BCUT2D eigenvalue weighted by Crippen LogP contribution is 2.44. The molecule has 2 N–H and O–H groups in total. The third-order valence-electron chi connectivity index (χ3n) is 11.9. The number of aromatic nitrogens is 1. The van der Waals surface area contributed by atoms with Gasteiger partial charge >= 0.3 is 0 Å². The van der Waals surface area contributed by atoms with Crippen molar-refractivity contribution in [3.63, 3.8) is 0 Å². The van der Waals surface area contributed by atoms with Crippen LogP contribution in [0.15, 0.2) is 213 Å². The Morgan fingerprint density at radius 1 is 0.667 bits per heavy atom. The maximum Gasteiger partial charge on any atom is 0.157 e. The minimum Gasteiger partial charge on any atom is -0.460 e. The monoisotopic (exact) mass is 814 g/mol. The molecule has 1 aliphatic carbocycles. The molecule has 0 saturated carbocycles. The molecule has 0 radical (unpaired) electrons. The average molecular weight is 815 g/mol. The molecule has 0 spiro atoms. The molecule has 11 rings (SSSR count). The number of hydrogen-bond acceptors (Lipinski definition) is 3. The number of furan rings is 2. The first-order chi connectivity index (χ1) is 31.1. The van der Waals surface area contributed by atoms with E-state index in [1.54, 1.807) is 0 Å². The van der Waals surface area contributed by atoms with Crippen LogP contribution >= 0.6 is 0 Å². The highest BCUT2D eigenvalue weighted by atomic mass is 16.3. The molecule has 0 amide bonds. The van der Waals surface area contributed by atoms with E-state index in [1.165, 1.54) is 5.56 Å². The van der Waals surface area contributed by atoms with Crippen LogP contribution in [-0.2, 0) is 13.0 Å². The van der Waals surface area contributed by atoms with E-state index in [2.05, 4.69) is 139 Å². The standard InChI is InChI=1S/C57H42N4O2/c1-37(56(58)60-57(41-24-12-5-13-25-41)59-36-39-20-8-3-9-21-39)32-45(40-22-10-4-11-23-40)50(33-38-18-6-2-7-19-38)61-48-28-16-14-27-44(48)54-49(61)31-30-43-47-34-46-42-26-15-17-29-51(42)62-52(46)35-53(47)63-55(43)54/h2-16,18-28,30-35H,1,17,29,36H2,(H2,58,59,60)/b45-32-,50-33-. The normalized spacial score (nSPS) is 13.8. The van der Waals surface area contributed by atoms with E-state index in [0.29, 0.717) is 18.0 Å². The molecule has 302 valence electrons. The van der Waals surface area contributed by atoms with Crippen LogP contribution < -0.4 is 5.73 Å². The molecule has 0 aliphatic heterocycles. The zero-order valence-electron chi connectivity index (χ0n) is 34.5. The van der Waals surface area contributed by atoms with E-state index in [9.17, 15) is 0 Å². The predicted octanol–water partition coefficient (Wildman–Crippen LogP) is 14.0. The Labute approximate surface area is 364 Å². The van der Waals surface area contributed by atoms with Crippen molar-refractivity contribution in [3.8, 4) is 0 Å². The van der Waals surface area contributed by atoms with Crippen LogP contribution in [0.2, 0.25) is 0 Å². The Morgan fingerprint density at radius 2 is 1.35 bits per heavy atom. The summed E-state index contributed by atoms with van der Waals surface area (Å²) < 4.78 is 15.6. The first-order valence-electron chi connectivity index (χ1n) is 21.3. The number of para-hydroxylation sites is 1. The summed E-state index contributed by atoms with van der Waals surface area (Å²) in [5.41, 5.74) is 19.0. The van der Waals surface area contributed by atoms with Gasteiger partial charge in [0.2, 0.25) is 0 Å². The smallest absolute Gasteiger partial charge is 0.157 e. The summed E-state index contributed by atoms with van der Waals surface area (Å²) in [6, 6.07) is 58.2. The molecule has 6 heteroatoms. The number of nitrogens with zero attached hydrogens (tertiary/aromatic N) is 3. The third-order valence-corrected chi connectivity index (χ3v) is 11.9. The van der Waals surface area contributed by atoms with Gasteiger partial charge in [-0.1, -0.05) is 158 Å². The highest BCUT2D eigenvalue weighted by molar-refractivity contribution is 6.27. The second kappa shape index (κ2) is 16.0. The van der Waals surface area contributed by atoms with Gasteiger partial charge in [0.05, 0.1) is 28.7 Å². The van der Waals surface area contributed by atoms with Gasteiger partial charge in [0.1, 0.15) is 28.3 Å². The van der Waals surface area contributed by atoms with Crippen LogP contribution in [0.5, 0.6) is 0 Å². The molecule has 0 unspecified atom stereocenters. The molecule has 0 atom stereocenters. The molecular formula is C57H42N4O2. The van der Waals surface area contributed by atoms with Crippen LogP contribution in [0.3, 0.4) is 0 Å². The molecule has 1 aliphatic rings. The summed E-state index contributed by atoms with van der Waals surface area (Å²) in [7, 11) is 0. The van der Waals surface area contributed by atoms with Crippen molar-refractivity contribution in [1.82, 2.24) is 4.57 Å². The Morgan fingerprint density at radius 3 is 2.13 bits per heavy atom. The molecule has 63 heavy (non-hydrogen) atoms. The van der Waals surface area contributed by atoms with Gasteiger partial charge in [-0.05, 0) is 59.5 Å². The summed E-state index contributed by atoms with van der Waals surface area (Å²) in [6.45, 7) is 5.00. The summed E-state index contributed by atoms with van der Waals surface area (Å²) in [4.78, 5) is 9.91. The minimum absolute atomic E-state index is 0.270. The maximum absolute atomic E-state index is 6.94. The van der Waals surface area contributed by atoms with Crippen molar-refractivity contribution >= 4 is 89.8 Å². The lowest BCUT2D eigenvalue weighted by Crippen LogP contribution is -2.17. The van der Waals surface area contributed by atoms with Gasteiger partial charge < -0.3 is 19.1 Å². The summed E-state index contributed by atoms with van der Waals surface area (Å²) in [5, 5.41) is 5.36. The van der Waals surface area contributed by atoms with Crippen LogP contribution in [0.1, 0.15) is 40.0 Å². The molecule has 0 fully saturated rings. The van der Waals surface area contributed by atoms with Crippen LogP contribution in [0, 0.1) is 0 Å². The fourth-order valence-corrected chi connectivity index (χ4v) is 8.84. The molecule has 0 saturated heterocycles. The van der Waals surface area contributed by atoms with Crippen LogP contribution in [-0.4, -0.2) is 16.2 Å². The largest absolute Gasteiger partial charge is 0.460 e. The van der Waals surface area contributed by atoms with Crippen molar-refractivity contribution in [3.05, 3.63) is 228 Å². The summed E-state index contributed by atoms with van der Waals surface area (Å²) >= 11 is 0. The van der Waals surface area contributed by atoms with Crippen molar-refractivity contribution in [2.45, 2.75) is 19.4 Å². The lowest BCUT2D eigenvalue weighted by molar-refractivity contribution is 0.546. The van der Waals surface area contributed by atoms with Gasteiger partial charge in [-0.2, -0.15) is 0 Å². The summed E-state index contributed by atoms with van der Waals surface area (Å²) in [6.07, 6.45) is 10.6.